The van der Waals surface area contributed by atoms with Gasteiger partial charge in [0.15, 0.2) is 12.6 Å². The van der Waals surface area contributed by atoms with Crippen molar-refractivity contribution in [2.75, 3.05) is 13.2 Å². The molecule has 3 aliphatic heterocycles. The quantitative estimate of drug-likeness (QED) is 0.581. The minimum atomic E-state index is -0.615. The molecule has 0 aromatic heterocycles. The Balaban J connectivity index is 1.59. The second-order valence-electron chi connectivity index (χ2n) is 9.90. The Morgan fingerprint density at radius 1 is 0.844 bits per heavy atom. The van der Waals surface area contributed by atoms with Gasteiger partial charge in [0.1, 0.15) is 5.82 Å². The summed E-state index contributed by atoms with van der Waals surface area (Å²) < 4.78 is 51.0. The normalized spacial score (nSPS) is 27.6. The summed E-state index contributed by atoms with van der Waals surface area (Å²) in [5.41, 5.74) is 0.937. The van der Waals surface area contributed by atoms with E-state index in [0.29, 0.717) is 24.3 Å². The van der Waals surface area contributed by atoms with E-state index in [1.54, 1.807) is 6.07 Å². The monoisotopic (exact) mass is 450 g/mol. The molecule has 3 fully saturated rings. The van der Waals surface area contributed by atoms with E-state index in [9.17, 15) is 0 Å². The van der Waals surface area contributed by atoms with Gasteiger partial charge in [-0.1, -0.05) is 6.07 Å². The second kappa shape index (κ2) is 10.1. The highest BCUT2D eigenvalue weighted by Crippen LogP contribution is 2.37. The molecule has 2 atom stereocenters. The number of hydrogen-bond donors (Lipinski definition) is 0. The SMILES string of the molecule is CC1(C)OB(c2ccc(F)c(COC3CCCCO3)c2COC2CCCCO2)OC1(C)C. The number of ether oxygens (including phenoxy) is 4. The first-order valence-corrected chi connectivity index (χ1v) is 11.9. The summed E-state index contributed by atoms with van der Waals surface area (Å²) in [7, 11) is -0.615. The molecular weight excluding hydrogens is 414 g/mol. The van der Waals surface area contributed by atoms with Crippen LogP contribution >= 0.6 is 0 Å². The van der Waals surface area contributed by atoms with Crippen molar-refractivity contribution in [3.8, 4) is 0 Å². The van der Waals surface area contributed by atoms with Crippen LogP contribution in [0, 0.1) is 5.82 Å². The van der Waals surface area contributed by atoms with Crippen LogP contribution in [0.5, 0.6) is 0 Å². The van der Waals surface area contributed by atoms with Gasteiger partial charge in [-0.05, 0) is 83.3 Å². The molecule has 8 heteroatoms. The van der Waals surface area contributed by atoms with Crippen LogP contribution in [0.3, 0.4) is 0 Å². The third-order valence-corrected chi connectivity index (χ3v) is 7.02. The maximum Gasteiger partial charge on any atom is 0.495 e. The van der Waals surface area contributed by atoms with Crippen molar-refractivity contribution in [3.05, 3.63) is 29.1 Å². The van der Waals surface area contributed by atoms with Crippen LogP contribution in [0.1, 0.15) is 77.3 Å². The molecule has 1 aromatic carbocycles. The molecule has 0 aliphatic carbocycles. The highest BCUT2D eigenvalue weighted by atomic mass is 19.1. The van der Waals surface area contributed by atoms with Crippen LogP contribution in [0.25, 0.3) is 0 Å². The Hall–Kier alpha value is -1.03. The summed E-state index contributed by atoms with van der Waals surface area (Å²) in [5.74, 6) is -0.329. The average molecular weight is 450 g/mol. The maximum atomic E-state index is 15.1. The van der Waals surface area contributed by atoms with Gasteiger partial charge < -0.3 is 28.3 Å². The Morgan fingerprint density at radius 3 is 1.88 bits per heavy atom. The summed E-state index contributed by atoms with van der Waals surface area (Å²) >= 11 is 0. The molecule has 1 aromatic rings. The van der Waals surface area contributed by atoms with E-state index >= 15 is 4.39 Å². The van der Waals surface area contributed by atoms with Gasteiger partial charge in [0, 0.05) is 18.8 Å². The van der Waals surface area contributed by atoms with E-state index in [2.05, 4.69) is 0 Å². The second-order valence-corrected chi connectivity index (χ2v) is 9.90. The minimum Gasteiger partial charge on any atom is -0.399 e. The molecule has 2 unspecified atom stereocenters. The lowest BCUT2D eigenvalue weighted by Gasteiger charge is -2.32. The fourth-order valence-corrected chi connectivity index (χ4v) is 4.24. The standard InChI is InChI=1S/C24H36BFO6/c1-23(2)24(3,4)32-25(31-23)19-11-12-20(26)18(16-30-22-10-6-8-14-28-22)17(19)15-29-21-9-5-7-13-27-21/h11-12,21-22H,5-10,13-16H2,1-4H3. The van der Waals surface area contributed by atoms with Crippen LogP contribution in [-0.4, -0.2) is 44.1 Å². The molecule has 32 heavy (non-hydrogen) atoms. The Labute approximate surface area is 191 Å². The molecule has 0 radical (unpaired) electrons. The van der Waals surface area contributed by atoms with Crippen LogP contribution in [0.4, 0.5) is 4.39 Å². The van der Waals surface area contributed by atoms with E-state index < -0.39 is 18.3 Å². The maximum absolute atomic E-state index is 15.1. The Kier molecular flexibility index (Phi) is 7.59. The largest absolute Gasteiger partial charge is 0.495 e. The summed E-state index contributed by atoms with van der Waals surface area (Å²) in [5, 5.41) is 0. The predicted octanol–water partition coefficient (Wildman–Crippen LogP) is 4.21. The molecule has 3 heterocycles. The third kappa shape index (κ3) is 5.37. The third-order valence-electron chi connectivity index (χ3n) is 7.02. The lowest BCUT2D eigenvalue weighted by atomic mass is 9.74. The fraction of sp³-hybridized carbons (Fsp3) is 0.750. The molecule has 0 N–H and O–H groups in total. The molecule has 4 rings (SSSR count). The van der Waals surface area contributed by atoms with Crippen molar-refractivity contribution in [1.29, 1.82) is 0 Å². The van der Waals surface area contributed by atoms with E-state index in [4.69, 9.17) is 28.3 Å². The summed E-state index contributed by atoms with van der Waals surface area (Å²) in [4.78, 5) is 0. The predicted molar refractivity (Wildman–Crippen MR) is 119 cm³/mol. The van der Waals surface area contributed by atoms with E-state index in [1.165, 1.54) is 6.07 Å². The van der Waals surface area contributed by atoms with Crippen molar-refractivity contribution < 1.29 is 32.6 Å². The summed E-state index contributed by atoms with van der Waals surface area (Å²) in [6, 6.07) is 3.19. The molecule has 3 saturated heterocycles. The zero-order valence-corrected chi connectivity index (χ0v) is 19.8. The van der Waals surface area contributed by atoms with E-state index in [0.717, 1.165) is 44.0 Å². The molecule has 0 amide bonds. The number of rotatable bonds is 7. The van der Waals surface area contributed by atoms with Crippen molar-refractivity contribution in [2.24, 2.45) is 0 Å². The van der Waals surface area contributed by atoms with Crippen molar-refractivity contribution >= 4 is 12.6 Å². The molecule has 0 saturated carbocycles. The highest BCUT2D eigenvalue weighted by Gasteiger charge is 2.52. The highest BCUT2D eigenvalue weighted by molar-refractivity contribution is 6.62. The average Bonchev–Trinajstić information content (AvgIpc) is 2.99. The van der Waals surface area contributed by atoms with Gasteiger partial charge >= 0.3 is 7.12 Å². The van der Waals surface area contributed by atoms with Gasteiger partial charge in [0.2, 0.25) is 0 Å². The fourth-order valence-electron chi connectivity index (χ4n) is 4.24. The number of halogens is 1. The van der Waals surface area contributed by atoms with Crippen LogP contribution in [0.15, 0.2) is 12.1 Å². The van der Waals surface area contributed by atoms with Crippen molar-refractivity contribution in [2.45, 2.75) is 103 Å². The first kappa shape index (κ1) is 24.1. The van der Waals surface area contributed by atoms with Gasteiger partial charge in [0.05, 0.1) is 24.4 Å². The molecular formula is C24H36BFO6. The topological polar surface area (TPSA) is 55.4 Å². The smallest absolute Gasteiger partial charge is 0.399 e. The Bertz CT molecular complexity index is 758. The summed E-state index contributed by atoms with van der Waals surface area (Å²) in [6.07, 6.45) is 5.25. The van der Waals surface area contributed by atoms with Gasteiger partial charge in [-0.2, -0.15) is 0 Å². The molecule has 6 nitrogen and oxygen atoms in total. The van der Waals surface area contributed by atoms with Crippen LogP contribution in [0.2, 0.25) is 0 Å². The van der Waals surface area contributed by atoms with Crippen LogP contribution < -0.4 is 5.46 Å². The zero-order chi connectivity index (χ0) is 22.8. The molecule has 178 valence electrons. The lowest BCUT2D eigenvalue weighted by molar-refractivity contribution is -0.173. The molecule has 0 spiro atoms. The van der Waals surface area contributed by atoms with E-state index in [1.807, 2.05) is 27.7 Å². The Morgan fingerprint density at radius 2 is 1.38 bits per heavy atom. The number of benzene rings is 1. The summed E-state index contributed by atoms with van der Waals surface area (Å²) in [6.45, 7) is 9.70. The molecule has 3 aliphatic rings. The van der Waals surface area contributed by atoms with Crippen LogP contribution in [-0.2, 0) is 41.5 Å². The van der Waals surface area contributed by atoms with Gasteiger partial charge in [0.25, 0.3) is 0 Å². The number of hydrogen-bond acceptors (Lipinski definition) is 6. The minimum absolute atomic E-state index is 0.105. The van der Waals surface area contributed by atoms with E-state index in [-0.39, 0.29) is 31.6 Å². The van der Waals surface area contributed by atoms with Crippen molar-refractivity contribution in [1.82, 2.24) is 0 Å². The van der Waals surface area contributed by atoms with Crippen molar-refractivity contribution in [3.63, 3.8) is 0 Å². The lowest BCUT2D eigenvalue weighted by Crippen LogP contribution is -2.41. The zero-order valence-electron chi connectivity index (χ0n) is 19.8. The van der Waals surface area contributed by atoms with Gasteiger partial charge in [-0.15, -0.1) is 0 Å². The molecule has 0 bridgehead atoms. The van der Waals surface area contributed by atoms with Gasteiger partial charge in [-0.3, -0.25) is 0 Å². The first-order chi connectivity index (χ1) is 15.3. The first-order valence-electron chi connectivity index (χ1n) is 11.9. The van der Waals surface area contributed by atoms with Gasteiger partial charge in [-0.25, -0.2) is 4.39 Å².